The molecule has 0 unspecified atom stereocenters. The Morgan fingerprint density at radius 2 is 1.94 bits per heavy atom. The molecule has 0 aliphatic carbocycles. The van der Waals surface area contributed by atoms with Crippen LogP contribution in [-0.4, -0.2) is 25.7 Å². The third-order valence-corrected chi connectivity index (χ3v) is 6.35. The first kappa shape index (κ1) is 20.9. The second-order valence-electron chi connectivity index (χ2n) is 6.54. The molecule has 0 bridgehead atoms. The third-order valence-electron chi connectivity index (χ3n) is 4.34. The Morgan fingerprint density at radius 1 is 1.16 bits per heavy atom. The fourth-order valence-corrected chi connectivity index (χ4v) is 4.58. The van der Waals surface area contributed by atoms with Crippen LogP contribution in [-0.2, 0) is 23.6 Å². The van der Waals surface area contributed by atoms with Crippen molar-refractivity contribution in [3.8, 4) is 0 Å². The van der Waals surface area contributed by atoms with Gasteiger partial charge >= 0.3 is 0 Å². The van der Waals surface area contributed by atoms with E-state index >= 15 is 0 Å². The van der Waals surface area contributed by atoms with Crippen molar-refractivity contribution in [2.75, 3.05) is 5.32 Å². The average Bonchev–Trinajstić information content (AvgIpc) is 3.22. The van der Waals surface area contributed by atoms with Gasteiger partial charge < -0.3 is 11.1 Å². The van der Waals surface area contributed by atoms with Crippen molar-refractivity contribution in [2.24, 2.45) is 5.73 Å². The van der Waals surface area contributed by atoms with E-state index in [0.717, 1.165) is 5.56 Å². The van der Waals surface area contributed by atoms with Gasteiger partial charge in [0.2, 0.25) is 11.0 Å². The Balaban J connectivity index is 1.48. The first-order valence-corrected chi connectivity index (χ1v) is 11.0. The number of nitrogens with one attached hydrogen (secondary N) is 1. The van der Waals surface area contributed by atoms with Crippen LogP contribution < -0.4 is 16.6 Å². The van der Waals surface area contributed by atoms with Crippen LogP contribution >= 0.6 is 23.1 Å². The van der Waals surface area contributed by atoms with Crippen LogP contribution in [0.25, 0.3) is 10.9 Å². The Bertz CT molecular complexity index is 1290. The number of carbonyl (C=O) groups is 1. The summed E-state index contributed by atoms with van der Waals surface area (Å²) in [6.45, 7) is 0.247. The predicted molar refractivity (Wildman–Crippen MR) is 118 cm³/mol. The zero-order chi connectivity index (χ0) is 21.8. The monoisotopic (exact) mass is 456 g/mol. The van der Waals surface area contributed by atoms with Gasteiger partial charge in [-0.2, -0.15) is 0 Å². The van der Waals surface area contributed by atoms with Gasteiger partial charge in [-0.05, 0) is 29.8 Å². The number of rotatable bonds is 8. The molecule has 0 saturated carbocycles. The average molecular weight is 457 g/mol. The number of nitrogens with zero attached hydrogens (tertiary/aromatic N) is 4. The molecule has 0 radical (unpaired) electrons. The van der Waals surface area contributed by atoms with Gasteiger partial charge in [0.1, 0.15) is 18.2 Å². The number of anilines is 1. The van der Waals surface area contributed by atoms with E-state index in [-0.39, 0.29) is 17.9 Å². The summed E-state index contributed by atoms with van der Waals surface area (Å²) in [6, 6.07) is 13.2. The summed E-state index contributed by atoms with van der Waals surface area (Å²) < 4.78 is 15.0. The lowest BCUT2D eigenvalue weighted by Crippen LogP contribution is -2.31. The van der Waals surface area contributed by atoms with Gasteiger partial charge in [-0.1, -0.05) is 47.4 Å². The minimum Gasteiger partial charge on any atom is -0.368 e. The maximum atomic E-state index is 13.0. The second kappa shape index (κ2) is 9.23. The number of halogens is 1. The number of nitrogens with two attached hydrogens (primary N) is 1. The lowest BCUT2D eigenvalue weighted by Gasteiger charge is -2.11. The van der Waals surface area contributed by atoms with Gasteiger partial charge in [0.25, 0.3) is 5.56 Å². The van der Waals surface area contributed by atoms with Crippen LogP contribution in [0.15, 0.2) is 57.7 Å². The first-order valence-electron chi connectivity index (χ1n) is 9.21. The molecular weight excluding hydrogens is 439 g/mol. The van der Waals surface area contributed by atoms with Crippen molar-refractivity contribution < 1.29 is 9.18 Å². The van der Waals surface area contributed by atoms with E-state index in [9.17, 15) is 14.0 Å². The smallest absolute Gasteiger partial charge is 0.261 e. The molecule has 3 N–H and O–H groups in total. The van der Waals surface area contributed by atoms with Gasteiger partial charge in [0.05, 0.1) is 16.7 Å². The Labute approximate surface area is 184 Å². The summed E-state index contributed by atoms with van der Waals surface area (Å²) in [5.74, 6) is -0.146. The van der Waals surface area contributed by atoms with Crippen molar-refractivity contribution >= 4 is 45.0 Å². The number of para-hydroxylation sites is 1. The fraction of sp³-hybridized carbons (Fsp3) is 0.150. The predicted octanol–water partition coefficient (Wildman–Crippen LogP) is 2.78. The fourth-order valence-electron chi connectivity index (χ4n) is 2.89. The highest BCUT2D eigenvalue weighted by Crippen LogP contribution is 2.28. The molecule has 0 atom stereocenters. The number of aromatic nitrogens is 4. The molecule has 158 valence electrons. The molecule has 0 aliphatic rings. The van der Waals surface area contributed by atoms with Crippen molar-refractivity contribution in [3.63, 3.8) is 0 Å². The summed E-state index contributed by atoms with van der Waals surface area (Å²) in [6.07, 6.45) is 0. The van der Waals surface area contributed by atoms with Crippen molar-refractivity contribution in [2.45, 2.75) is 23.2 Å². The van der Waals surface area contributed by atoms with E-state index in [0.29, 0.717) is 38.5 Å². The maximum Gasteiger partial charge on any atom is 0.261 e. The molecule has 31 heavy (non-hydrogen) atoms. The highest BCUT2D eigenvalue weighted by atomic mass is 32.2. The topological polar surface area (TPSA) is 116 Å². The van der Waals surface area contributed by atoms with Gasteiger partial charge in [-0.15, -0.1) is 10.2 Å². The zero-order valence-electron chi connectivity index (χ0n) is 16.1. The minimum absolute atomic E-state index is 0.243. The molecule has 0 spiro atoms. The third kappa shape index (κ3) is 5.06. The molecule has 4 aromatic rings. The Morgan fingerprint density at radius 3 is 2.71 bits per heavy atom. The summed E-state index contributed by atoms with van der Waals surface area (Å²) in [4.78, 5) is 28.8. The van der Waals surface area contributed by atoms with E-state index in [1.807, 2.05) is 0 Å². The molecule has 2 aromatic carbocycles. The Kier molecular flexibility index (Phi) is 6.23. The molecule has 0 fully saturated rings. The van der Waals surface area contributed by atoms with Crippen LogP contribution in [0, 0.1) is 5.82 Å². The second-order valence-corrected chi connectivity index (χ2v) is 8.74. The normalized spacial score (nSPS) is 11.0. The molecule has 1 amide bonds. The van der Waals surface area contributed by atoms with Crippen LogP contribution in [0.1, 0.15) is 11.4 Å². The molecule has 2 aromatic heterocycles. The molecule has 0 saturated heterocycles. The van der Waals surface area contributed by atoms with Crippen molar-refractivity contribution in [3.05, 3.63) is 76.1 Å². The number of thioether (sulfide) groups is 1. The van der Waals surface area contributed by atoms with Crippen LogP contribution in [0.3, 0.4) is 0 Å². The standard InChI is InChI=1S/C20H17FN6O2S2/c21-13-7-5-12(6-8-13)9-23-19-25-26-20(31-19)30-11-17-24-15-4-2-1-3-14(15)18(29)27(17)10-16(22)28/h1-8H,9-11H2,(H2,22,28)(H,23,25). The highest BCUT2D eigenvalue weighted by molar-refractivity contribution is 8.00. The first-order chi connectivity index (χ1) is 15.0. The van der Waals surface area contributed by atoms with Crippen LogP contribution in [0.2, 0.25) is 0 Å². The molecule has 0 aliphatic heterocycles. The van der Waals surface area contributed by atoms with E-state index in [2.05, 4.69) is 20.5 Å². The number of hydrogen-bond acceptors (Lipinski definition) is 8. The quantitative estimate of drug-likeness (QED) is 0.392. The van der Waals surface area contributed by atoms with Crippen LogP contribution in [0.5, 0.6) is 0 Å². The van der Waals surface area contributed by atoms with Gasteiger partial charge in [0, 0.05) is 6.54 Å². The summed E-state index contributed by atoms with van der Waals surface area (Å²) in [5, 5.41) is 12.4. The highest BCUT2D eigenvalue weighted by Gasteiger charge is 2.14. The van der Waals surface area contributed by atoms with Gasteiger partial charge in [0.15, 0.2) is 4.34 Å². The number of hydrogen-bond donors (Lipinski definition) is 2. The van der Waals surface area contributed by atoms with E-state index in [1.165, 1.54) is 39.8 Å². The minimum atomic E-state index is -0.617. The molecule has 8 nitrogen and oxygen atoms in total. The Hall–Kier alpha value is -3.31. The number of carbonyl (C=O) groups excluding carboxylic acids is 1. The number of benzene rings is 2. The number of amides is 1. The molecule has 4 rings (SSSR count). The molecular formula is C20H17FN6O2S2. The molecule has 11 heteroatoms. The lowest BCUT2D eigenvalue weighted by molar-refractivity contribution is -0.118. The summed E-state index contributed by atoms with van der Waals surface area (Å²) in [5.41, 5.74) is 6.49. The van der Waals surface area contributed by atoms with Crippen molar-refractivity contribution in [1.82, 2.24) is 19.7 Å². The molecule has 2 heterocycles. The lowest BCUT2D eigenvalue weighted by atomic mass is 10.2. The van der Waals surface area contributed by atoms with E-state index in [1.54, 1.807) is 36.4 Å². The van der Waals surface area contributed by atoms with E-state index < -0.39 is 5.91 Å². The summed E-state index contributed by atoms with van der Waals surface area (Å²) in [7, 11) is 0. The zero-order valence-corrected chi connectivity index (χ0v) is 17.8. The van der Waals surface area contributed by atoms with Crippen molar-refractivity contribution in [1.29, 1.82) is 0 Å². The maximum absolute atomic E-state index is 13.0. The number of fused-ring (bicyclic) bond motifs is 1. The van der Waals surface area contributed by atoms with Gasteiger partial charge in [-0.3, -0.25) is 14.2 Å². The summed E-state index contributed by atoms with van der Waals surface area (Å²) >= 11 is 2.71. The SMILES string of the molecule is NC(=O)Cn1c(CSc2nnc(NCc3ccc(F)cc3)s2)nc2ccccc2c1=O. The van der Waals surface area contributed by atoms with Crippen LogP contribution in [0.4, 0.5) is 9.52 Å². The van der Waals surface area contributed by atoms with Gasteiger partial charge in [-0.25, -0.2) is 9.37 Å². The largest absolute Gasteiger partial charge is 0.368 e. The van der Waals surface area contributed by atoms with E-state index in [4.69, 9.17) is 5.73 Å². The number of primary amides is 1.